The number of esters is 1. The summed E-state index contributed by atoms with van der Waals surface area (Å²) in [6.07, 6.45) is -4.66. The van der Waals surface area contributed by atoms with Crippen molar-refractivity contribution in [3.8, 4) is 0 Å². The third-order valence-electron chi connectivity index (χ3n) is 1.61. The molecule has 0 unspecified atom stereocenters. The van der Waals surface area contributed by atoms with Gasteiger partial charge in [-0.05, 0) is 0 Å². The molecule has 1 saturated heterocycles. The number of rotatable bonds is 3. The van der Waals surface area contributed by atoms with Gasteiger partial charge in [0.2, 0.25) is 0 Å². The van der Waals surface area contributed by atoms with Gasteiger partial charge in [0.25, 0.3) is 0 Å². The molecule has 2 N–H and O–H groups in total. The molecule has 1 fully saturated rings. The zero-order valence-electron chi connectivity index (χ0n) is 6.73. The fourth-order valence-corrected chi connectivity index (χ4v) is 1.26. The van der Waals surface area contributed by atoms with E-state index < -0.39 is 38.7 Å². The minimum atomic E-state index is -5.17. The first-order valence-electron chi connectivity index (χ1n) is 3.54. The summed E-state index contributed by atoms with van der Waals surface area (Å²) in [6, 6.07) is 0. The fraction of sp³-hybridized carbons (Fsp3) is 0.800. The Bertz CT molecular complexity index is 271. The second-order valence-electron chi connectivity index (χ2n) is 2.65. The molecular formula is C5H7O8P-2. The van der Waals surface area contributed by atoms with Gasteiger partial charge in [-0.15, -0.1) is 0 Å². The molecule has 1 aliphatic heterocycles. The lowest BCUT2D eigenvalue weighted by Crippen LogP contribution is -2.34. The molecule has 8 nitrogen and oxygen atoms in total. The molecule has 0 saturated carbocycles. The summed E-state index contributed by atoms with van der Waals surface area (Å²) in [5.74, 6) is -1.09. The lowest BCUT2D eigenvalue weighted by molar-refractivity contribution is -0.343. The third-order valence-corrected chi connectivity index (χ3v) is 2.08. The average molecular weight is 226 g/mol. The van der Waals surface area contributed by atoms with Crippen molar-refractivity contribution in [1.82, 2.24) is 0 Å². The lowest BCUT2D eigenvalue weighted by Gasteiger charge is -2.29. The van der Waals surface area contributed by atoms with Gasteiger partial charge in [0.15, 0.2) is 12.2 Å². The normalized spacial score (nSPS) is 33.1. The molecule has 82 valence electrons. The highest BCUT2D eigenvalue weighted by molar-refractivity contribution is 7.43. The predicted molar refractivity (Wildman–Crippen MR) is 35.5 cm³/mol. The van der Waals surface area contributed by atoms with E-state index in [1.165, 1.54) is 0 Å². The second-order valence-corrected chi connectivity index (χ2v) is 3.81. The molecule has 0 spiro atoms. The minimum Gasteiger partial charge on any atom is -0.790 e. The number of hydrogen-bond donors (Lipinski definition) is 2. The number of hydrogen-bond acceptors (Lipinski definition) is 8. The van der Waals surface area contributed by atoms with E-state index >= 15 is 0 Å². The van der Waals surface area contributed by atoms with Crippen molar-refractivity contribution in [3.63, 3.8) is 0 Å². The molecule has 0 aromatic heterocycles. The topological polar surface area (TPSA) is 139 Å². The molecular weight excluding hydrogens is 219 g/mol. The molecule has 0 radical (unpaired) electrons. The Morgan fingerprint density at radius 2 is 2.07 bits per heavy atom. The van der Waals surface area contributed by atoms with Gasteiger partial charge in [0, 0.05) is 0 Å². The monoisotopic (exact) mass is 226 g/mol. The SMILES string of the molecule is O=C1O[C@H](COP(=O)([O-])[O-])[C@H](O)[C@H]1O. The van der Waals surface area contributed by atoms with Gasteiger partial charge in [-0.25, -0.2) is 4.79 Å². The van der Waals surface area contributed by atoms with Crippen LogP contribution in [0.5, 0.6) is 0 Å². The number of cyclic esters (lactones) is 1. The standard InChI is InChI=1S/C5H9O8P/c6-3-2(1-12-14(9,10)11)13-5(8)4(3)7/h2-4,6-7H,1H2,(H2,9,10,11)/p-2/t2-,3+,4-/m1/s1. The number of carbonyl (C=O) groups is 1. The van der Waals surface area contributed by atoms with Crippen LogP contribution in [0.2, 0.25) is 0 Å². The molecule has 1 aliphatic rings. The predicted octanol–water partition coefficient (Wildman–Crippen LogP) is -3.52. The third kappa shape index (κ3) is 2.74. The van der Waals surface area contributed by atoms with Gasteiger partial charge in [-0.2, -0.15) is 0 Å². The molecule has 14 heavy (non-hydrogen) atoms. The summed E-state index contributed by atoms with van der Waals surface area (Å²) in [4.78, 5) is 30.7. The largest absolute Gasteiger partial charge is 0.790 e. The van der Waals surface area contributed by atoms with Crippen molar-refractivity contribution in [2.75, 3.05) is 6.61 Å². The van der Waals surface area contributed by atoms with Crippen molar-refractivity contribution in [3.05, 3.63) is 0 Å². The van der Waals surface area contributed by atoms with Gasteiger partial charge >= 0.3 is 5.97 Å². The maximum absolute atomic E-state index is 10.6. The van der Waals surface area contributed by atoms with Crippen LogP contribution in [0.3, 0.4) is 0 Å². The van der Waals surface area contributed by atoms with Gasteiger partial charge in [-0.1, -0.05) is 0 Å². The molecule has 0 aliphatic carbocycles. The van der Waals surface area contributed by atoms with Crippen LogP contribution in [0.4, 0.5) is 0 Å². The van der Waals surface area contributed by atoms with E-state index in [9.17, 15) is 19.1 Å². The first-order valence-corrected chi connectivity index (χ1v) is 5.00. The summed E-state index contributed by atoms with van der Waals surface area (Å²) in [5.41, 5.74) is 0. The quantitative estimate of drug-likeness (QED) is 0.372. The lowest BCUT2D eigenvalue weighted by atomic mass is 10.1. The Hall–Kier alpha value is -0.500. The van der Waals surface area contributed by atoms with Crippen LogP contribution < -0.4 is 9.79 Å². The number of aliphatic hydroxyl groups is 2. The number of aliphatic hydroxyl groups excluding tert-OH is 2. The van der Waals surface area contributed by atoms with Crippen molar-refractivity contribution in [2.24, 2.45) is 0 Å². The molecule has 0 aromatic rings. The zero-order chi connectivity index (χ0) is 10.9. The van der Waals surface area contributed by atoms with E-state index in [0.29, 0.717) is 0 Å². The molecule has 0 bridgehead atoms. The van der Waals surface area contributed by atoms with E-state index in [4.69, 9.17) is 10.2 Å². The second kappa shape index (κ2) is 3.93. The van der Waals surface area contributed by atoms with E-state index in [2.05, 4.69) is 9.26 Å². The maximum Gasteiger partial charge on any atom is 0.338 e. The molecule has 1 rings (SSSR count). The van der Waals surface area contributed by atoms with E-state index in [-0.39, 0.29) is 0 Å². The number of phosphoric acid groups is 1. The Morgan fingerprint density at radius 3 is 2.43 bits per heavy atom. The summed E-state index contributed by atoms with van der Waals surface area (Å²) >= 11 is 0. The van der Waals surface area contributed by atoms with E-state index in [1.54, 1.807) is 0 Å². The van der Waals surface area contributed by atoms with Crippen LogP contribution >= 0.6 is 7.82 Å². The molecule has 0 amide bonds. The Kier molecular flexibility index (Phi) is 3.25. The van der Waals surface area contributed by atoms with Crippen molar-refractivity contribution in [1.29, 1.82) is 0 Å². The molecule has 3 atom stereocenters. The fourth-order valence-electron chi connectivity index (χ4n) is 0.929. The summed E-state index contributed by atoms with van der Waals surface area (Å²) in [5, 5.41) is 17.9. The number of ether oxygens (including phenoxy) is 1. The number of phosphoric ester groups is 1. The smallest absolute Gasteiger partial charge is 0.338 e. The van der Waals surface area contributed by atoms with Gasteiger partial charge < -0.3 is 33.8 Å². The van der Waals surface area contributed by atoms with Crippen LogP contribution in [0.25, 0.3) is 0 Å². The Labute approximate surface area is 78.3 Å². The first kappa shape index (κ1) is 11.6. The van der Waals surface area contributed by atoms with Crippen LogP contribution in [-0.2, 0) is 18.6 Å². The molecule has 0 aromatic carbocycles. The highest BCUT2D eigenvalue weighted by Gasteiger charge is 2.42. The van der Waals surface area contributed by atoms with Gasteiger partial charge in [0.05, 0.1) is 14.4 Å². The molecule has 1 heterocycles. The van der Waals surface area contributed by atoms with Crippen molar-refractivity contribution >= 4 is 13.8 Å². The van der Waals surface area contributed by atoms with Crippen molar-refractivity contribution in [2.45, 2.75) is 18.3 Å². The zero-order valence-corrected chi connectivity index (χ0v) is 7.62. The van der Waals surface area contributed by atoms with Crippen LogP contribution in [0, 0.1) is 0 Å². The van der Waals surface area contributed by atoms with Crippen molar-refractivity contribution < 1.29 is 38.6 Å². The highest BCUT2D eigenvalue weighted by Crippen LogP contribution is 2.27. The first-order chi connectivity index (χ1) is 6.31. The Balaban J connectivity index is 2.48. The average Bonchev–Trinajstić information content (AvgIpc) is 2.28. The van der Waals surface area contributed by atoms with Crippen LogP contribution in [0.15, 0.2) is 0 Å². The minimum absolute atomic E-state index is 0.797. The molecule has 9 heteroatoms. The van der Waals surface area contributed by atoms with Gasteiger partial charge in [-0.3, -0.25) is 0 Å². The van der Waals surface area contributed by atoms with Gasteiger partial charge in [0.1, 0.15) is 6.10 Å². The summed E-state index contributed by atoms with van der Waals surface area (Å²) in [7, 11) is -5.17. The van der Waals surface area contributed by atoms with E-state index in [0.717, 1.165) is 0 Å². The Morgan fingerprint density at radius 1 is 1.50 bits per heavy atom. The number of carbonyl (C=O) groups excluding carboxylic acids is 1. The van der Waals surface area contributed by atoms with Crippen LogP contribution in [-0.4, -0.2) is 41.1 Å². The summed E-state index contributed by atoms with van der Waals surface area (Å²) in [6.45, 7) is -0.797. The summed E-state index contributed by atoms with van der Waals surface area (Å²) < 4.78 is 18.1. The van der Waals surface area contributed by atoms with Crippen LogP contribution in [0.1, 0.15) is 0 Å². The highest BCUT2D eigenvalue weighted by atomic mass is 31.2. The maximum atomic E-state index is 10.6. The van der Waals surface area contributed by atoms with E-state index in [1.807, 2.05) is 0 Å².